The third-order valence-corrected chi connectivity index (χ3v) is 7.07. The highest BCUT2D eigenvalue weighted by atomic mass is 35.5. The molecule has 0 radical (unpaired) electrons. The summed E-state index contributed by atoms with van der Waals surface area (Å²) in [7, 11) is 0. The Labute approximate surface area is 235 Å². The molecule has 0 atom stereocenters. The van der Waals surface area contributed by atoms with E-state index in [-0.39, 0.29) is 37.9 Å². The SMILES string of the molecule is O=C(CCCCn1c(=O)c2ccccc2n(CC(=O)NCc2ccccc2Cl)c1=O)NCc1ccccc1Cl. The van der Waals surface area contributed by atoms with Crippen molar-refractivity contribution in [2.45, 2.75) is 45.4 Å². The number of unbranched alkanes of at least 4 members (excludes halogenated alkanes) is 1. The van der Waals surface area contributed by atoms with Gasteiger partial charge in [-0.2, -0.15) is 0 Å². The first-order chi connectivity index (χ1) is 18.8. The molecule has 0 aliphatic heterocycles. The van der Waals surface area contributed by atoms with E-state index in [1.165, 1.54) is 4.57 Å². The van der Waals surface area contributed by atoms with Crippen LogP contribution in [0, 0.1) is 0 Å². The van der Waals surface area contributed by atoms with Crippen LogP contribution in [0.15, 0.2) is 82.4 Å². The number of amides is 2. The number of nitrogens with zero attached hydrogens (tertiary/aromatic N) is 2. The highest BCUT2D eigenvalue weighted by Gasteiger charge is 2.15. The fourth-order valence-corrected chi connectivity index (χ4v) is 4.64. The van der Waals surface area contributed by atoms with E-state index in [1.54, 1.807) is 48.5 Å². The van der Waals surface area contributed by atoms with Crippen LogP contribution in [0.1, 0.15) is 30.4 Å². The molecule has 4 rings (SSSR count). The normalized spacial score (nSPS) is 10.9. The van der Waals surface area contributed by atoms with Gasteiger partial charge in [0.1, 0.15) is 6.54 Å². The molecule has 0 unspecified atom stereocenters. The van der Waals surface area contributed by atoms with Crippen molar-refractivity contribution in [1.29, 1.82) is 0 Å². The van der Waals surface area contributed by atoms with Crippen LogP contribution in [-0.2, 0) is 35.8 Å². The molecule has 0 bridgehead atoms. The number of rotatable bonds is 11. The summed E-state index contributed by atoms with van der Waals surface area (Å²) in [5.74, 6) is -0.532. The maximum atomic E-state index is 13.3. The highest BCUT2D eigenvalue weighted by Crippen LogP contribution is 2.15. The molecule has 2 amide bonds. The molecular weight excluding hydrogens is 539 g/mol. The Morgan fingerprint density at radius 1 is 0.692 bits per heavy atom. The van der Waals surface area contributed by atoms with E-state index in [4.69, 9.17) is 23.2 Å². The molecule has 8 nitrogen and oxygen atoms in total. The number of aromatic nitrogens is 2. The Kier molecular flexibility index (Phi) is 9.57. The van der Waals surface area contributed by atoms with E-state index >= 15 is 0 Å². The molecule has 10 heteroatoms. The zero-order valence-corrected chi connectivity index (χ0v) is 22.7. The Morgan fingerprint density at radius 3 is 1.90 bits per heavy atom. The van der Waals surface area contributed by atoms with Crippen LogP contribution in [0.5, 0.6) is 0 Å². The van der Waals surface area contributed by atoms with Gasteiger partial charge >= 0.3 is 5.69 Å². The lowest BCUT2D eigenvalue weighted by molar-refractivity contribution is -0.122. The predicted octanol–water partition coefficient (Wildman–Crippen LogP) is 4.27. The summed E-state index contributed by atoms with van der Waals surface area (Å²) in [5, 5.41) is 7.08. The summed E-state index contributed by atoms with van der Waals surface area (Å²) in [6.07, 6.45) is 1.16. The zero-order chi connectivity index (χ0) is 27.8. The average Bonchev–Trinajstić information content (AvgIpc) is 2.94. The number of carbonyl (C=O) groups is 2. The third-order valence-electron chi connectivity index (χ3n) is 6.34. The number of hydrogen-bond acceptors (Lipinski definition) is 4. The molecule has 4 aromatic rings. The molecule has 1 heterocycles. The van der Waals surface area contributed by atoms with Gasteiger partial charge in [0, 0.05) is 36.1 Å². The van der Waals surface area contributed by atoms with E-state index in [2.05, 4.69) is 10.6 Å². The van der Waals surface area contributed by atoms with Gasteiger partial charge in [-0.15, -0.1) is 0 Å². The minimum Gasteiger partial charge on any atom is -0.352 e. The lowest BCUT2D eigenvalue weighted by Gasteiger charge is -2.14. The van der Waals surface area contributed by atoms with E-state index < -0.39 is 11.2 Å². The molecule has 2 N–H and O–H groups in total. The smallest absolute Gasteiger partial charge is 0.331 e. The Hall–Kier alpha value is -3.88. The topological polar surface area (TPSA) is 102 Å². The lowest BCUT2D eigenvalue weighted by Crippen LogP contribution is -2.42. The first kappa shape index (κ1) is 28.1. The number of carbonyl (C=O) groups excluding carboxylic acids is 2. The van der Waals surface area contributed by atoms with Gasteiger partial charge in [-0.3, -0.25) is 23.5 Å². The molecule has 0 saturated heterocycles. The summed E-state index contributed by atoms with van der Waals surface area (Å²) in [4.78, 5) is 51.4. The Bertz CT molecular complexity index is 1610. The van der Waals surface area contributed by atoms with Crippen molar-refractivity contribution in [3.8, 4) is 0 Å². The van der Waals surface area contributed by atoms with Gasteiger partial charge in [-0.25, -0.2) is 4.79 Å². The number of nitrogens with one attached hydrogen (secondary N) is 2. The third kappa shape index (κ3) is 7.16. The molecule has 0 aliphatic rings. The van der Waals surface area contributed by atoms with Gasteiger partial charge in [-0.1, -0.05) is 71.7 Å². The van der Waals surface area contributed by atoms with E-state index in [1.807, 2.05) is 24.3 Å². The summed E-state index contributed by atoms with van der Waals surface area (Å²) < 4.78 is 2.43. The van der Waals surface area contributed by atoms with Crippen molar-refractivity contribution < 1.29 is 9.59 Å². The number of hydrogen-bond donors (Lipinski definition) is 2. The maximum absolute atomic E-state index is 13.3. The van der Waals surface area contributed by atoms with Crippen LogP contribution in [-0.4, -0.2) is 20.9 Å². The van der Waals surface area contributed by atoms with Gasteiger partial charge < -0.3 is 10.6 Å². The van der Waals surface area contributed by atoms with Crippen LogP contribution in [0.25, 0.3) is 10.9 Å². The molecule has 39 heavy (non-hydrogen) atoms. The number of para-hydroxylation sites is 1. The predicted molar refractivity (Wildman–Crippen MR) is 153 cm³/mol. The van der Waals surface area contributed by atoms with Gasteiger partial charge in [0.05, 0.1) is 10.9 Å². The molecule has 1 aromatic heterocycles. The van der Waals surface area contributed by atoms with Crippen LogP contribution >= 0.6 is 23.2 Å². The zero-order valence-electron chi connectivity index (χ0n) is 21.2. The van der Waals surface area contributed by atoms with Crippen LogP contribution < -0.4 is 21.9 Å². The van der Waals surface area contributed by atoms with Gasteiger partial charge in [0.2, 0.25) is 11.8 Å². The highest BCUT2D eigenvalue weighted by molar-refractivity contribution is 6.31. The van der Waals surface area contributed by atoms with Crippen molar-refractivity contribution in [1.82, 2.24) is 19.8 Å². The van der Waals surface area contributed by atoms with Gasteiger partial charge in [0.15, 0.2) is 0 Å². The number of benzene rings is 3. The van der Waals surface area contributed by atoms with E-state index in [0.717, 1.165) is 15.7 Å². The van der Waals surface area contributed by atoms with Gasteiger partial charge in [0.25, 0.3) is 5.56 Å². The maximum Gasteiger partial charge on any atom is 0.331 e. The summed E-state index contributed by atoms with van der Waals surface area (Å²) in [6.45, 7) is 0.408. The van der Waals surface area contributed by atoms with Crippen molar-refractivity contribution >= 4 is 45.9 Å². The Morgan fingerprint density at radius 2 is 1.26 bits per heavy atom. The fourth-order valence-electron chi connectivity index (χ4n) is 4.24. The van der Waals surface area contributed by atoms with Crippen LogP contribution in [0.4, 0.5) is 0 Å². The van der Waals surface area contributed by atoms with Crippen molar-refractivity contribution in [3.63, 3.8) is 0 Å². The average molecular weight is 567 g/mol. The minimum absolute atomic E-state index is 0.127. The second kappa shape index (κ2) is 13.3. The van der Waals surface area contributed by atoms with E-state index in [0.29, 0.717) is 40.3 Å². The quantitative estimate of drug-likeness (QED) is 0.264. The lowest BCUT2D eigenvalue weighted by atomic mass is 10.2. The molecule has 202 valence electrons. The molecule has 0 fully saturated rings. The van der Waals surface area contributed by atoms with E-state index in [9.17, 15) is 19.2 Å². The molecule has 3 aromatic carbocycles. The standard InChI is InChI=1S/C29H28Cl2N4O4/c30-23-12-4-1-9-20(23)17-32-26(36)15-7-8-16-34-28(38)22-11-3-6-14-25(22)35(29(34)39)19-27(37)33-18-21-10-2-5-13-24(21)31/h1-6,9-14H,7-8,15-19H2,(H,32,36)(H,33,37). The molecule has 0 spiro atoms. The fraction of sp³-hybridized carbons (Fsp3) is 0.241. The monoisotopic (exact) mass is 566 g/mol. The summed E-state index contributed by atoms with van der Waals surface area (Å²) >= 11 is 12.3. The second-order valence-corrected chi connectivity index (χ2v) is 9.85. The van der Waals surface area contributed by atoms with Crippen molar-refractivity contribution in [3.05, 3.63) is 115 Å². The number of fused-ring (bicyclic) bond motifs is 1. The molecular formula is C29H28Cl2N4O4. The molecule has 0 aliphatic carbocycles. The first-order valence-corrected chi connectivity index (χ1v) is 13.3. The largest absolute Gasteiger partial charge is 0.352 e. The number of halogens is 2. The van der Waals surface area contributed by atoms with Crippen LogP contribution in [0.2, 0.25) is 10.0 Å². The summed E-state index contributed by atoms with van der Waals surface area (Å²) in [6, 6.07) is 21.2. The second-order valence-electron chi connectivity index (χ2n) is 9.04. The van der Waals surface area contributed by atoms with Crippen molar-refractivity contribution in [2.24, 2.45) is 0 Å². The van der Waals surface area contributed by atoms with Crippen LogP contribution in [0.3, 0.4) is 0 Å². The van der Waals surface area contributed by atoms with Crippen molar-refractivity contribution in [2.75, 3.05) is 0 Å². The molecule has 0 saturated carbocycles. The minimum atomic E-state index is -0.574. The summed E-state index contributed by atoms with van der Waals surface area (Å²) in [5.41, 5.74) is 0.967. The van der Waals surface area contributed by atoms with Gasteiger partial charge in [-0.05, 0) is 48.2 Å². The Balaban J connectivity index is 1.40. The first-order valence-electron chi connectivity index (χ1n) is 12.6.